The predicted octanol–water partition coefficient (Wildman–Crippen LogP) is 1.19. The summed E-state index contributed by atoms with van der Waals surface area (Å²) in [5.74, 6) is 0.554. The molecular formula is C11H11N3O. The Labute approximate surface area is 87.2 Å². The van der Waals surface area contributed by atoms with E-state index in [1.54, 1.807) is 30.7 Å². The third-order valence-electron chi connectivity index (χ3n) is 2.12. The molecule has 4 nitrogen and oxygen atoms in total. The maximum absolute atomic E-state index is 11.5. The van der Waals surface area contributed by atoms with E-state index < -0.39 is 0 Å². The van der Waals surface area contributed by atoms with E-state index in [0.717, 1.165) is 12.1 Å². The lowest BCUT2D eigenvalue weighted by Crippen LogP contribution is -2.17. The molecule has 0 fully saturated rings. The van der Waals surface area contributed by atoms with Crippen LogP contribution in [0.3, 0.4) is 0 Å². The fourth-order valence-electron chi connectivity index (χ4n) is 1.27. The Kier molecular flexibility index (Phi) is 2.58. The molecular weight excluding hydrogens is 190 g/mol. The fraction of sp³-hybridized carbons (Fsp3) is 0.182. The molecule has 0 amide bonds. The van der Waals surface area contributed by atoms with Crippen molar-refractivity contribution < 1.29 is 0 Å². The van der Waals surface area contributed by atoms with Crippen LogP contribution in [0, 0.1) is 0 Å². The Morgan fingerprint density at radius 2 is 2.13 bits per heavy atom. The maximum atomic E-state index is 11.5. The van der Waals surface area contributed by atoms with Crippen molar-refractivity contribution in [1.29, 1.82) is 0 Å². The van der Waals surface area contributed by atoms with Crippen molar-refractivity contribution in [2.75, 3.05) is 0 Å². The van der Waals surface area contributed by atoms with E-state index in [1.807, 2.05) is 6.92 Å². The van der Waals surface area contributed by atoms with Crippen LogP contribution in [0.25, 0.3) is 5.82 Å². The SMILES string of the molecule is CCc1cnc(-n2ccccc2=O)cn1. The molecule has 0 aromatic carbocycles. The van der Waals surface area contributed by atoms with Gasteiger partial charge in [0.15, 0.2) is 5.82 Å². The van der Waals surface area contributed by atoms with Crippen molar-refractivity contribution in [2.45, 2.75) is 13.3 Å². The lowest BCUT2D eigenvalue weighted by Gasteiger charge is -2.03. The van der Waals surface area contributed by atoms with Gasteiger partial charge in [-0.25, -0.2) is 4.98 Å². The molecule has 0 saturated carbocycles. The smallest absolute Gasteiger partial charge is 0.256 e. The molecule has 2 aromatic rings. The fourth-order valence-corrected chi connectivity index (χ4v) is 1.27. The molecule has 2 aromatic heterocycles. The quantitative estimate of drug-likeness (QED) is 0.733. The van der Waals surface area contributed by atoms with Crippen molar-refractivity contribution in [3.05, 3.63) is 52.8 Å². The second-order valence-corrected chi connectivity index (χ2v) is 3.13. The van der Waals surface area contributed by atoms with Gasteiger partial charge in [0, 0.05) is 12.3 Å². The van der Waals surface area contributed by atoms with Crippen LogP contribution in [0.5, 0.6) is 0 Å². The predicted molar refractivity (Wildman–Crippen MR) is 57.0 cm³/mol. The van der Waals surface area contributed by atoms with Gasteiger partial charge in [0.25, 0.3) is 5.56 Å². The van der Waals surface area contributed by atoms with Crippen LogP contribution in [0.2, 0.25) is 0 Å². The van der Waals surface area contributed by atoms with Crippen LogP contribution in [0.15, 0.2) is 41.6 Å². The minimum absolute atomic E-state index is 0.101. The molecule has 0 saturated heterocycles. The Bertz CT molecular complexity index is 502. The van der Waals surface area contributed by atoms with E-state index in [9.17, 15) is 4.79 Å². The summed E-state index contributed by atoms with van der Waals surface area (Å²) in [6, 6.07) is 4.99. The summed E-state index contributed by atoms with van der Waals surface area (Å²) in [7, 11) is 0. The maximum Gasteiger partial charge on any atom is 0.256 e. The average molecular weight is 201 g/mol. The summed E-state index contributed by atoms with van der Waals surface area (Å²) in [6.07, 6.45) is 5.82. The van der Waals surface area contributed by atoms with Crippen LogP contribution < -0.4 is 5.56 Å². The molecule has 2 heterocycles. The molecule has 0 aliphatic heterocycles. The zero-order valence-corrected chi connectivity index (χ0v) is 8.42. The van der Waals surface area contributed by atoms with Crippen molar-refractivity contribution in [3.63, 3.8) is 0 Å². The lowest BCUT2D eigenvalue weighted by molar-refractivity contribution is 0.899. The van der Waals surface area contributed by atoms with Crippen molar-refractivity contribution in [1.82, 2.24) is 14.5 Å². The molecule has 0 spiro atoms. The third kappa shape index (κ3) is 1.93. The minimum atomic E-state index is -0.101. The molecule has 0 N–H and O–H groups in total. The standard InChI is InChI=1S/C11H11N3O/c1-2-9-7-13-10(8-12-9)14-6-4-3-5-11(14)15/h3-8H,2H2,1H3. The van der Waals surface area contributed by atoms with Gasteiger partial charge in [-0.15, -0.1) is 0 Å². The molecule has 15 heavy (non-hydrogen) atoms. The first-order valence-corrected chi connectivity index (χ1v) is 4.80. The molecule has 0 aliphatic rings. The lowest BCUT2D eigenvalue weighted by atomic mass is 10.3. The van der Waals surface area contributed by atoms with Crippen LogP contribution in [0.4, 0.5) is 0 Å². The van der Waals surface area contributed by atoms with Gasteiger partial charge < -0.3 is 0 Å². The van der Waals surface area contributed by atoms with Gasteiger partial charge in [0.05, 0.1) is 18.1 Å². The second kappa shape index (κ2) is 4.04. The molecule has 76 valence electrons. The number of hydrogen-bond acceptors (Lipinski definition) is 3. The Morgan fingerprint density at radius 3 is 2.73 bits per heavy atom. The molecule has 0 aliphatic carbocycles. The van der Waals surface area contributed by atoms with Gasteiger partial charge in [-0.2, -0.15) is 0 Å². The van der Waals surface area contributed by atoms with E-state index in [0.29, 0.717) is 5.82 Å². The average Bonchev–Trinajstić information content (AvgIpc) is 2.30. The Morgan fingerprint density at radius 1 is 1.27 bits per heavy atom. The van der Waals surface area contributed by atoms with Crippen LogP contribution in [0.1, 0.15) is 12.6 Å². The topological polar surface area (TPSA) is 47.8 Å². The van der Waals surface area contributed by atoms with E-state index in [4.69, 9.17) is 0 Å². The van der Waals surface area contributed by atoms with Crippen LogP contribution in [-0.2, 0) is 6.42 Å². The van der Waals surface area contributed by atoms with Crippen LogP contribution in [-0.4, -0.2) is 14.5 Å². The molecule has 2 rings (SSSR count). The van der Waals surface area contributed by atoms with Gasteiger partial charge in [-0.05, 0) is 12.5 Å². The van der Waals surface area contributed by atoms with E-state index in [2.05, 4.69) is 9.97 Å². The van der Waals surface area contributed by atoms with Gasteiger partial charge in [-0.1, -0.05) is 13.0 Å². The minimum Gasteiger partial charge on any atom is -0.269 e. The summed E-state index contributed by atoms with van der Waals surface area (Å²) in [4.78, 5) is 19.8. The summed E-state index contributed by atoms with van der Waals surface area (Å²) in [6.45, 7) is 2.01. The first-order valence-electron chi connectivity index (χ1n) is 4.80. The Hall–Kier alpha value is -1.97. The number of pyridine rings is 1. The monoisotopic (exact) mass is 201 g/mol. The first kappa shape index (κ1) is 9.58. The van der Waals surface area contributed by atoms with Gasteiger partial charge >= 0.3 is 0 Å². The largest absolute Gasteiger partial charge is 0.269 e. The zero-order chi connectivity index (χ0) is 10.7. The zero-order valence-electron chi connectivity index (χ0n) is 8.42. The highest BCUT2D eigenvalue weighted by Gasteiger charge is 1.99. The highest BCUT2D eigenvalue weighted by molar-refractivity contribution is 5.19. The first-order chi connectivity index (χ1) is 7.31. The number of rotatable bonds is 2. The molecule has 0 radical (unpaired) electrons. The summed E-state index contributed by atoms with van der Waals surface area (Å²) in [5.41, 5.74) is 0.818. The number of aryl methyl sites for hydroxylation is 1. The number of aromatic nitrogens is 3. The van der Waals surface area contributed by atoms with Crippen molar-refractivity contribution in [2.24, 2.45) is 0 Å². The molecule has 0 unspecified atom stereocenters. The highest BCUT2D eigenvalue weighted by atomic mass is 16.1. The van der Waals surface area contributed by atoms with Crippen LogP contribution >= 0.6 is 0 Å². The summed E-state index contributed by atoms with van der Waals surface area (Å²) >= 11 is 0. The number of hydrogen-bond donors (Lipinski definition) is 0. The highest BCUT2D eigenvalue weighted by Crippen LogP contribution is 1.99. The van der Waals surface area contributed by atoms with E-state index >= 15 is 0 Å². The summed E-state index contributed by atoms with van der Waals surface area (Å²) < 4.78 is 1.46. The Balaban J connectivity index is 2.46. The van der Waals surface area contributed by atoms with Gasteiger partial charge in [-0.3, -0.25) is 14.3 Å². The molecule has 0 atom stereocenters. The van der Waals surface area contributed by atoms with Gasteiger partial charge in [0.1, 0.15) is 0 Å². The molecule has 4 heteroatoms. The van der Waals surface area contributed by atoms with Crippen molar-refractivity contribution >= 4 is 0 Å². The van der Waals surface area contributed by atoms with E-state index in [-0.39, 0.29) is 5.56 Å². The second-order valence-electron chi connectivity index (χ2n) is 3.13. The third-order valence-corrected chi connectivity index (χ3v) is 2.12. The van der Waals surface area contributed by atoms with E-state index in [1.165, 1.54) is 10.6 Å². The normalized spacial score (nSPS) is 10.2. The number of nitrogens with zero attached hydrogens (tertiary/aromatic N) is 3. The summed E-state index contributed by atoms with van der Waals surface area (Å²) in [5, 5.41) is 0. The van der Waals surface area contributed by atoms with Gasteiger partial charge in [0.2, 0.25) is 0 Å². The van der Waals surface area contributed by atoms with Crippen molar-refractivity contribution in [3.8, 4) is 5.82 Å². The molecule has 0 bridgehead atoms.